The molecule has 3 heterocycles. The Bertz CT molecular complexity index is 721. The van der Waals surface area contributed by atoms with Crippen molar-refractivity contribution in [3.63, 3.8) is 0 Å². The lowest BCUT2D eigenvalue weighted by Crippen LogP contribution is -2.38. The summed E-state index contributed by atoms with van der Waals surface area (Å²) in [5.41, 5.74) is 2.72. The molecule has 0 aromatic carbocycles. The van der Waals surface area contributed by atoms with E-state index in [1.165, 1.54) is 6.26 Å². The number of hydrogen-bond donors (Lipinski definition) is 1. The summed E-state index contributed by atoms with van der Waals surface area (Å²) < 4.78 is 24.7. The van der Waals surface area contributed by atoms with E-state index in [-0.39, 0.29) is 0 Å². The van der Waals surface area contributed by atoms with Crippen LogP contribution in [0.4, 0.5) is 0 Å². The van der Waals surface area contributed by atoms with E-state index in [0.29, 0.717) is 19.0 Å². The Kier molecular flexibility index (Phi) is 4.21. The van der Waals surface area contributed by atoms with E-state index in [4.69, 9.17) is 0 Å². The lowest BCUT2D eigenvalue weighted by atomic mass is 9.92. The second-order valence-electron chi connectivity index (χ2n) is 5.65. The molecule has 22 heavy (non-hydrogen) atoms. The third kappa shape index (κ3) is 3.33. The number of aromatic nitrogens is 4. The summed E-state index contributed by atoms with van der Waals surface area (Å²) >= 11 is 0. The van der Waals surface area contributed by atoms with Crippen LogP contribution in [0.3, 0.4) is 0 Å². The van der Waals surface area contributed by atoms with Gasteiger partial charge in [-0.2, -0.15) is 5.10 Å². The summed E-state index contributed by atoms with van der Waals surface area (Å²) in [6.45, 7) is 1.18. The Hall–Kier alpha value is -1.80. The molecule has 1 saturated heterocycles. The first-order valence-electron chi connectivity index (χ1n) is 7.28. The molecule has 0 saturated carbocycles. The molecule has 0 spiro atoms. The molecule has 0 aliphatic carbocycles. The van der Waals surface area contributed by atoms with Gasteiger partial charge in [0.05, 0.1) is 23.8 Å². The van der Waals surface area contributed by atoms with Gasteiger partial charge in [0.15, 0.2) is 0 Å². The van der Waals surface area contributed by atoms with E-state index in [9.17, 15) is 8.42 Å². The Morgan fingerprint density at radius 2 is 2.00 bits per heavy atom. The molecule has 1 aliphatic heterocycles. The van der Waals surface area contributed by atoms with E-state index in [0.717, 1.165) is 36.2 Å². The minimum atomic E-state index is -3.07. The SMILES string of the molecule is CS(=O)(=O)N1CCC(Cc2nccnc2-c2cn[nH]c2)CC1. The molecule has 0 unspecified atom stereocenters. The van der Waals surface area contributed by atoms with Crippen molar-refractivity contribution >= 4 is 10.0 Å². The normalized spacial score (nSPS) is 17.7. The minimum Gasteiger partial charge on any atom is -0.285 e. The van der Waals surface area contributed by atoms with Gasteiger partial charge in [-0.1, -0.05) is 0 Å². The van der Waals surface area contributed by atoms with Crippen molar-refractivity contribution in [2.45, 2.75) is 19.3 Å². The molecule has 0 atom stereocenters. The standard InChI is InChI=1S/C14H19N5O2S/c1-22(20,21)19-6-2-11(3-7-19)8-13-14(16-5-4-15-13)12-9-17-18-10-12/h4-5,9-11H,2-3,6-8H2,1H3,(H,17,18). The highest BCUT2D eigenvalue weighted by Gasteiger charge is 2.26. The lowest BCUT2D eigenvalue weighted by molar-refractivity contribution is 0.273. The summed E-state index contributed by atoms with van der Waals surface area (Å²) in [7, 11) is -3.07. The van der Waals surface area contributed by atoms with Crippen molar-refractivity contribution in [1.82, 2.24) is 24.5 Å². The van der Waals surface area contributed by atoms with Gasteiger partial charge in [0, 0.05) is 37.2 Å². The van der Waals surface area contributed by atoms with Crippen LogP contribution in [0.25, 0.3) is 11.3 Å². The third-order valence-electron chi connectivity index (χ3n) is 4.07. The van der Waals surface area contributed by atoms with Crippen LogP contribution in [0.15, 0.2) is 24.8 Å². The van der Waals surface area contributed by atoms with Crippen molar-refractivity contribution in [2.24, 2.45) is 5.92 Å². The van der Waals surface area contributed by atoms with Crippen molar-refractivity contribution < 1.29 is 8.42 Å². The molecule has 1 N–H and O–H groups in total. The van der Waals surface area contributed by atoms with Crippen molar-refractivity contribution in [3.8, 4) is 11.3 Å². The van der Waals surface area contributed by atoms with Gasteiger partial charge in [-0.05, 0) is 25.2 Å². The van der Waals surface area contributed by atoms with Crippen molar-refractivity contribution in [2.75, 3.05) is 19.3 Å². The van der Waals surface area contributed by atoms with Gasteiger partial charge in [0.2, 0.25) is 10.0 Å². The Balaban J connectivity index is 1.71. The zero-order chi connectivity index (χ0) is 15.6. The van der Waals surface area contributed by atoms with E-state index in [1.54, 1.807) is 29.1 Å². The summed E-state index contributed by atoms with van der Waals surface area (Å²) in [6, 6.07) is 0. The molecule has 1 fully saturated rings. The molecular formula is C14H19N5O2S. The molecular weight excluding hydrogens is 302 g/mol. The second-order valence-corrected chi connectivity index (χ2v) is 7.63. The fraction of sp³-hybridized carbons (Fsp3) is 0.500. The lowest BCUT2D eigenvalue weighted by Gasteiger charge is -2.30. The number of nitrogens with zero attached hydrogens (tertiary/aromatic N) is 4. The smallest absolute Gasteiger partial charge is 0.211 e. The highest BCUT2D eigenvalue weighted by Crippen LogP contribution is 2.26. The highest BCUT2D eigenvalue weighted by atomic mass is 32.2. The van der Waals surface area contributed by atoms with Crippen molar-refractivity contribution in [1.29, 1.82) is 0 Å². The van der Waals surface area contributed by atoms with E-state index in [2.05, 4.69) is 20.2 Å². The van der Waals surface area contributed by atoms with Crippen molar-refractivity contribution in [3.05, 3.63) is 30.5 Å². The molecule has 2 aromatic rings. The molecule has 118 valence electrons. The van der Waals surface area contributed by atoms with Gasteiger partial charge in [-0.3, -0.25) is 15.1 Å². The summed E-state index contributed by atoms with van der Waals surface area (Å²) in [5, 5.41) is 6.75. The first-order chi connectivity index (χ1) is 10.5. The van der Waals surface area contributed by atoms with Crippen LogP contribution in [-0.2, 0) is 16.4 Å². The minimum absolute atomic E-state index is 0.431. The van der Waals surface area contributed by atoms with Crippen LogP contribution >= 0.6 is 0 Å². The molecule has 8 heteroatoms. The first-order valence-corrected chi connectivity index (χ1v) is 9.13. The summed E-state index contributed by atoms with van der Waals surface area (Å²) in [4.78, 5) is 8.87. The summed E-state index contributed by atoms with van der Waals surface area (Å²) in [5.74, 6) is 0.431. The van der Waals surface area contributed by atoms with Gasteiger partial charge in [0.1, 0.15) is 0 Å². The van der Waals surface area contributed by atoms with Crippen LogP contribution in [0, 0.1) is 5.92 Å². The molecule has 2 aromatic heterocycles. The van der Waals surface area contributed by atoms with Crippen LogP contribution in [0.2, 0.25) is 0 Å². The Labute approximate surface area is 129 Å². The number of piperidine rings is 1. The topological polar surface area (TPSA) is 91.8 Å². The van der Waals surface area contributed by atoms with E-state index in [1.807, 2.05) is 0 Å². The molecule has 1 aliphatic rings. The van der Waals surface area contributed by atoms with Crippen LogP contribution < -0.4 is 0 Å². The fourth-order valence-corrected chi connectivity index (χ4v) is 3.73. The van der Waals surface area contributed by atoms with Crippen LogP contribution in [0.1, 0.15) is 18.5 Å². The highest BCUT2D eigenvalue weighted by molar-refractivity contribution is 7.88. The van der Waals surface area contributed by atoms with E-state index >= 15 is 0 Å². The monoisotopic (exact) mass is 321 g/mol. The quantitative estimate of drug-likeness (QED) is 0.910. The number of aromatic amines is 1. The van der Waals surface area contributed by atoms with Gasteiger partial charge in [-0.15, -0.1) is 0 Å². The van der Waals surface area contributed by atoms with Gasteiger partial charge in [-0.25, -0.2) is 12.7 Å². The number of sulfonamides is 1. The van der Waals surface area contributed by atoms with Gasteiger partial charge >= 0.3 is 0 Å². The zero-order valence-electron chi connectivity index (χ0n) is 12.4. The maximum Gasteiger partial charge on any atom is 0.211 e. The number of nitrogens with one attached hydrogen (secondary N) is 1. The van der Waals surface area contributed by atoms with Gasteiger partial charge < -0.3 is 0 Å². The zero-order valence-corrected chi connectivity index (χ0v) is 13.3. The van der Waals surface area contributed by atoms with Gasteiger partial charge in [0.25, 0.3) is 0 Å². The van der Waals surface area contributed by atoms with E-state index < -0.39 is 10.0 Å². The largest absolute Gasteiger partial charge is 0.285 e. The average Bonchev–Trinajstić information content (AvgIpc) is 3.01. The Morgan fingerprint density at radius 1 is 1.27 bits per heavy atom. The summed E-state index contributed by atoms with van der Waals surface area (Å²) in [6.07, 6.45) is 10.7. The van der Waals surface area contributed by atoms with Crippen LogP contribution in [0.5, 0.6) is 0 Å². The number of H-pyrrole nitrogens is 1. The molecule has 0 bridgehead atoms. The Morgan fingerprint density at radius 3 is 2.64 bits per heavy atom. The maximum atomic E-state index is 11.6. The number of rotatable bonds is 4. The predicted molar refractivity (Wildman–Crippen MR) is 82.5 cm³/mol. The molecule has 7 nitrogen and oxygen atoms in total. The number of hydrogen-bond acceptors (Lipinski definition) is 5. The maximum absolute atomic E-state index is 11.6. The predicted octanol–water partition coefficient (Wildman–Crippen LogP) is 1.08. The third-order valence-corrected chi connectivity index (χ3v) is 5.37. The average molecular weight is 321 g/mol. The molecule has 0 amide bonds. The van der Waals surface area contributed by atoms with Crippen LogP contribution in [-0.4, -0.2) is 52.2 Å². The molecule has 3 rings (SSSR count). The fourth-order valence-electron chi connectivity index (χ4n) is 2.86. The second kappa shape index (κ2) is 6.13. The first kappa shape index (κ1) is 15.1. The molecule has 0 radical (unpaired) electrons.